The van der Waals surface area contributed by atoms with Crippen LogP contribution in [0.15, 0.2) is 0 Å². The van der Waals surface area contributed by atoms with E-state index in [9.17, 15) is 0 Å². The van der Waals surface area contributed by atoms with Crippen molar-refractivity contribution in [1.82, 2.24) is 0 Å². The standard InChI is InChI=1S/2Cd.2Ga.3O.2Zn/q;;2*+3;3*-2;;. The van der Waals surface area contributed by atoms with Gasteiger partial charge < -0.3 is 16.4 Å². The van der Waals surface area contributed by atoms with E-state index in [1.807, 2.05) is 0 Å². The molecule has 0 saturated heterocycles. The summed E-state index contributed by atoms with van der Waals surface area (Å²) in [5.74, 6) is 0. The first kappa shape index (κ1) is 110. The molecule has 3 nitrogen and oxygen atoms in total. The van der Waals surface area contributed by atoms with E-state index >= 15 is 0 Å². The van der Waals surface area contributed by atoms with Gasteiger partial charge in [0, 0.05) is 93.6 Å². The molecule has 9 heavy (non-hydrogen) atoms. The van der Waals surface area contributed by atoms with Gasteiger partial charge in [0.05, 0.1) is 0 Å². The first-order valence-corrected chi connectivity index (χ1v) is 0. The number of hydrogen-bond acceptors (Lipinski definition) is 0. The molecule has 0 aliphatic rings. The van der Waals surface area contributed by atoms with E-state index in [0.717, 1.165) is 0 Å². The molecule has 0 fully saturated rings. The van der Waals surface area contributed by atoms with Gasteiger partial charge in [-0.2, -0.15) is 0 Å². The molecule has 0 aromatic rings. The van der Waals surface area contributed by atoms with Crippen molar-refractivity contribution in [3.63, 3.8) is 0 Å². The molecule has 0 atom stereocenters. The summed E-state index contributed by atoms with van der Waals surface area (Å²) in [7, 11) is 0. The molecule has 0 unspecified atom stereocenters. The number of rotatable bonds is 0. The summed E-state index contributed by atoms with van der Waals surface area (Å²) in [6, 6.07) is 0. The van der Waals surface area contributed by atoms with Gasteiger partial charge >= 0.3 is 39.6 Å². The molecule has 32 valence electrons. The maximum atomic E-state index is 0. The van der Waals surface area contributed by atoms with Gasteiger partial charge in [0.25, 0.3) is 0 Å². The van der Waals surface area contributed by atoms with Gasteiger partial charge in [-0.1, -0.05) is 0 Å². The van der Waals surface area contributed by atoms with Crippen molar-refractivity contribution < 1.29 is 110 Å². The van der Waals surface area contributed by atoms with E-state index in [2.05, 4.69) is 0 Å². The summed E-state index contributed by atoms with van der Waals surface area (Å²) in [5, 5.41) is 0. The van der Waals surface area contributed by atoms with E-state index in [1.54, 1.807) is 0 Å². The van der Waals surface area contributed by atoms with Gasteiger partial charge in [-0.05, 0) is 0 Å². The molecular weight excluding hydrogens is 543 g/mol. The van der Waals surface area contributed by atoms with Crippen molar-refractivity contribution in [2.45, 2.75) is 0 Å². The summed E-state index contributed by atoms with van der Waals surface area (Å²) < 4.78 is 0. The fourth-order valence-corrected chi connectivity index (χ4v) is 0. The van der Waals surface area contributed by atoms with Crippen molar-refractivity contribution in [2.75, 3.05) is 0 Å². The molecule has 0 aliphatic heterocycles. The van der Waals surface area contributed by atoms with Crippen LogP contribution < -0.4 is 0 Å². The molecule has 0 heterocycles. The minimum absolute atomic E-state index is 0. The van der Waals surface area contributed by atoms with Crippen molar-refractivity contribution in [2.24, 2.45) is 0 Å². The Morgan fingerprint density at radius 3 is 0.444 bits per heavy atom. The molecule has 0 amide bonds. The summed E-state index contributed by atoms with van der Waals surface area (Å²) in [4.78, 5) is 0. The number of hydrogen-bond donors (Lipinski definition) is 0. The van der Waals surface area contributed by atoms with Crippen molar-refractivity contribution in [3.8, 4) is 0 Å². The average molecular weight is 543 g/mol. The van der Waals surface area contributed by atoms with Crippen LogP contribution in [0.3, 0.4) is 0 Å². The van der Waals surface area contributed by atoms with Crippen LogP contribution in [0.1, 0.15) is 0 Å². The van der Waals surface area contributed by atoms with E-state index in [-0.39, 0.29) is 150 Å². The van der Waals surface area contributed by atoms with Crippen molar-refractivity contribution in [3.05, 3.63) is 0 Å². The fraction of sp³-hybridized carbons (Fsp3) is 0. The molecule has 0 aliphatic carbocycles. The van der Waals surface area contributed by atoms with Gasteiger partial charge in [-0.15, -0.1) is 0 Å². The molecule has 0 aromatic carbocycles. The monoisotopic (exact) mass is 542 g/mol. The van der Waals surface area contributed by atoms with Crippen LogP contribution >= 0.6 is 0 Å². The zero-order valence-electron chi connectivity index (χ0n) is 5.21. The second-order valence-electron chi connectivity index (χ2n) is 0. The Hall–Kier alpha value is 4.24. The van der Waals surface area contributed by atoms with Gasteiger partial charge in [-0.25, -0.2) is 0 Å². The Morgan fingerprint density at radius 2 is 0.444 bits per heavy atom. The Kier molecular flexibility index (Phi) is 1050. The minimum atomic E-state index is 0. The maximum absolute atomic E-state index is 0. The topological polar surface area (TPSA) is 85.5 Å². The van der Waals surface area contributed by atoms with E-state index in [1.165, 1.54) is 0 Å². The van der Waals surface area contributed by atoms with Gasteiger partial charge in [0.1, 0.15) is 0 Å². The van der Waals surface area contributed by atoms with Gasteiger partial charge in [0.2, 0.25) is 0 Å². The molecule has 0 aromatic heterocycles. The van der Waals surface area contributed by atoms with E-state index < -0.39 is 0 Å². The zero-order valence-corrected chi connectivity index (χ0v) is 24.1. The first-order valence-electron chi connectivity index (χ1n) is 0. The molecule has 0 N–H and O–H groups in total. The fourth-order valence-electron chi connectivity index (χ4n) is 0. The summed E-state index contributed by atoms with van der Waals surface area (Å²) in [6.45, 7) is 0. The van der Waals surface area contributed by atoms with Crippen LogP contribution in [0, 0.1) is 0 Å². The quantitative estimate of drug-likeness (QED) is 0.347. The normalized spacial score (nSPS) is 0. The molecule has 0 radical (unpaired) electrons. The van der Waals surface area contributed by atoms with Crippen LogP contribution in [-0.4, -0.2) is 39.6 Å². The molecular formula is Cd2Ga2O3Zn2. The van der Waals surface area contributed by atoms with Crippen LogP contribution in [0.4, 0.5) is 0 Å². The maximum Gasteiger partial charge on any atom is 3.00 e. The van der Waals surface area contributed by atoms with Crippen LogP contribution in [0.2, 0.25) is 0 Å². The second-order valence-corrected chi connectivity index (χ2v) is 0. The summed E-state index contributed by atoms with van der Waals surface area (Å²) >= 11 is 0. The molecule has 0 rings (SSSR count). The van der Waals surface area contributed by atoms with Crippen molar-refractivity contribution in [1.29, 1.82) is 0 Å². The predicted molar refractivity (Wildman–Crippen MR) is 13.6 cm³/mol. The van der Waals surface area contributed by atoms with Crippen LogP contribution in [0.25, 0.3) is 0 Å². The van der Waals surface area contributed by atoms with E-state index in [0.29, 0.717) is 0 Å². The molecule has 0 bridgehead atoms. The average Bonchev–Trinajstić information content (AvgIpc) is 0. The molecule has 0 saturated carbocycles. The largest absolute Gasteiger partial charge is 3.00 e. The third-order valence-corrected chi connectivity index (χ3v) is 0. The minimum Gasteiger partial charge on any atom is -2.00 e. The SMILES string of the molecule is [Cd].[Cd].[Ga+3].[Ga+3].[O-2].[O-2].[O-2].[Zn].[Zn]. The van der Waals surface area contributed by atoms with Crippen molar-refractivity contribution >= 4 is 39.6 Å². The van der Waals surface area contributed by atoms with Crippen LogP contribution in [0.5, 0.6) is 0 Å². The third-order valence-electron chi connectivity index (χ3n) is 0. The predicted octanol–water partition coefficient (Wildman–Crippen LogP) is -1.13. The molecule has 0 spiro atoms. The zero-order chi connectivity index (χ0) is 0. The third kappa shape index (κ3) is 71.3. The first-order chi connectivity index (χ1) is 0. The summed E-state index contributed by atoms with van der Waals surface area (Å²) in [6.07, 6.45) is 0. The Bertz CT molecular complexity index is 17.8. The Morgan fingerprint density at radius 1 is 0.444 bits per heavy atom. The molecule has 9 heteroatoms. The van der Waals surface area contributed by atoms with Crippen LogP contribution in [-0.2, 0) is 110 Å². The smallest absolute Gasteiger partial charge is 2.00 e. The van der Waals surface area contributed by atoms with E-state index in [4.69, 9.17) is 0 Å². The van der Waals surface area contributed by atoms with Gasteiger partial charge in [-0.3, -0.25) is 0 Å². The second kappa shape index (κ2) is 86.0. The van der Waals surface area contributed by atoms with Gasteiger partial charge in [0.15, 0.2) is 0 Å². The Balaban J connectivity index is 0. The Labute approximate surface area is 147 Å². The summed E-state index contributed by atoms with van der Waals surface area (Å²) in [5.41, 5.74) is 0.